The van der Waals surface area contributed by atoms with E-state index in [1.807, 2.05) is 25.1 Å². The lowest BCUT2D eigenvalue weighted by atomic mass is 10.2. The number of nitrogens with zero attached hydrogens (tertiary/aromatic N) is 8. The Bertz CT molecular complexity index is 1420. The van der Waals surface area contributed by atoms with E-state index in [0.717, 1.165) is 23.4 Å². The highest BCUT2D eigenvalue weighted by Crippen LogP contribution is 2.31. The number of rotatable bonds is 10. The maximum Gasteiger partial charge on any atom is 0.281 e. The summed E-state index contributed by atoms with van der Waals surface area (Å²) in [6.45, 7) is 1.35. The quantitative estimate of drug-likeness (QED) is 0.219. The zero-order valence-corrected chi connectivity index (χ0v) is 21.9. The summed E-state index contributed by atoms with van der Waals surface area (Å²) in [6.07, 6.45) is 5.21. The highest BCUT2D eigenvalue weighted by molar-refractivity contribution is 7.89. The smallest absolute Gasteiger partial charge is 0.281 e. The van der Waals surface area contributed by atoms with Crippen molar-refractivity contribution in [2.45, 2.75) is 11.3 Å². The number of nitriles is 1. The van der Waals surface area contributed by atoms with Crippen LogP contribution in [0.4, 0.5) is 11.4 Å². The van der Waals surface area contributed by atoms with Gasteiger partial charge < -0.3 is 9.80 Å². The highest BCUT2D eigenvalue weighted by atomic mass is 35.5. The van der Waals surface area contributed by atoms with Gasteiger partial charge in [0.1, 0.15) is 4.90 Å². The van der Waals surface area contributed by atoms with Crippen LogP contribution < -0.4 is 4.90 Å². The second-order valence-corrected chi connectivity index (χ2v) is 10.0. The number of fused-ring (bicyclic) bond motifs is 1. The zero-order chi connectivity index (χ0) is 25.8. The number of anilines is 1. The monoisotopic (exact) mass is 534 g/mol. The van der Waals surface area contributed by atoms with Gasteiger partial charge in [0.15, 0.2) is 0 Å². The molecule has 3 aromatic rings. The molecule has 36 heavy (non-hydrogen) atoms. The van der Waals surface area contributed by atoms with Crippen molar-refractivity contribution >= 4 is 45.5 Å². The third-order valence-electron chi connectivity index (χ3n) is 5.33. The molecule has 0 aliphatic rings. The lowest BCUT2D eigenvalue weighted by Crippen LogP contribution is -2.28. The van der Waals surface area contributed by atoms with Crippen molar-refractivity contribution in [2.24, 2.45) is 5.10 Å². The van der Waals surface area contributed by atoms with Crippen molar-refractivity contribution in [2.75, 3.05) is 46.2 Å². The Morgan fingerprint density at radius 2 is 1.92 bits per heavy atom. The van der Waals surface area contributed by atoms with Gasteiger partial charge in [0.25, 0.3) is 15.7 Å². The zero-order valence-electron chi connectivity index (χ0n) is 20.3. The number of halogens is 1. The number of benzene rings is 1. The molecule has 0 spiro atoms. The average molecular weight is 535 g/mol. The first-order chi connectivity index (χ1) is 16.5. The molecule has 0 atom stereocenters. The van der Waals surface area contributed by atoms with Crippen LogP contribution in [0.25, 0.3) is 5.52 Å². The van der Waals surface area contributed by atoms with Crippen LogP contribution in [-0.4, -0.2) is 79.8 Å². The van der Waals surface area contributed by atoms with Gasteiger partial charge in [-0.2, -0.15) is 28.3 Å². The van der Waals surface area contributed by atoms with Gasteiger partial charge in [-0.3, -0.25) is 10.1 Å². The van der Waals surface area contributed by atoms with E-state index < -0.39 is 14.9 Å². The van der Waals surface area contributed by atoms with Crippen molar-refractivity contribution in [1.82, 2.24) is 18.9 Å². The third kappa shape index (κ3) is 6.28. The Morgan fingerprint density at radius 1 is 1.19 bits per heavy atom. The van der Waals surface area contributed by atoms with Crippen LogP contribution in [0.2, 0.25) is 0 Å². The molecule has 14 heteroatoms. The minimum Gasteiger partial charge on any atom is -0.373 e. The number of hydrazone groups is 1. The number of hydrogen-bond acceptors (Lipinski definition) is 9. The van der Waals surface area contributed by atoms with Gasteiger partial charge in [0.05, 0.1) is 40.2 Å². The Kier molecular flexibility index (Phi) is 9.35. The molecular formula is C22H27ClN8O4S. The average Bonchev–Trinajstić information content (AvgIpc) is 3.23. The summed E-state index contributed by atoms with van der Waals surface area (Å²) >= 11 is 0. The summed E-state index contributed by atoms with van der Waals surface area (Å²) in [5.41, 5.74) is 1.51. The van der Waals surface area contributed by atoms with E-state index in [1.165, 1.54) is 36.1 Å². The fourth-order valence-corrected chi connectivity index (χ4v) is 4.61. The molecule has 192 valence electrons. The molecule has 12 nitrogen and oxygen atoms in total. The molecule has 0 saturated heterocycles. The minimum absolute atomic E-state index is 0. The molecule has 0 unspecified atom stereocenters. The van der Waals surface area contributed by atoms with Crippen LogP contribution in [0.1, 0.15) is 17.5 Å². The molecule has 2 aromatic heterocycles. The van der Waals surface area contributed by atoms with Gasteiger partial charge in [-0.1, -0.05) is 0 Å². The lowest BCUT2D eigenvalue weighted by Gasteiger charge is -2.24. The fourth-order valence-electron chi connectivity index (χ4n) is 3.40. The van der Waals surface area contributed by atoms with Crippen molar-refractivity contribution in [1.29, 1.82) is 5.26 Å². The summed E-state index contributed by atoms with van der Waals surface area (Å²) in [6, 6.07) is 9.04. The van der Waals surface area contributed by atoms with Crippen LogP contribution >= 0.6 is 12.4 Å². The molecule has 1 aromatic carbocycles. The number of non-ortho nitro benzene ring substituents is 1. The molecule has 0 amide bonds. The number of sulfonamides is 1. The van der Waals surface area contributed by atoms with E-state index in [1.54, 1.807) is 30.3 Å². The minimum atomic E-state index is -4.23. The molecule has 3 rings (SSSR count). The maximum atomic E-state index is 13.4. The Labute approximate surface area is 215 Å². The third-order valence-corrected chi connectivity index (χ3v) is 7.00. The van der Waals surface area contributed by atoms with Gasteiger partial charge in [0, 0.05) is 44.5 Å². The first-order valence-corrected chi connectivity index (χ1v) is 12.0. The largest absolute Gasteiger partial charge is 0.373 e. The summed E-state index contributed by atoms with van der Waals surface area (Å²) in [4.78, 5) is 14.3. The van der Waals surface area contributed by atoms with Crippen LogP contribution in [0.3, 0.4) is 0 Å². The molecule has 0 saturated carbocycles. The van der Waals surface area contributed by atoms with E-state index in [-0.39, 0.29) is 23.0 Å². The molecule has 0 N–H and O–H groups in total. The van der Waals surface area contributed by atoms with Crippen molar-refractivity contribution in [3.63, 3.8) is 0 Å². The summed E-state index contributed by atoms with van der Waals surface area (Å²) in [5, 5.41) is 28.7. The van der Waals surface area contributed by atoms with Crippen LogP contribution in [-0.2, 0) is 10.0 Å². The second-order valence-electron chi connectivity index (χ2n) is 8.13. The number of nitro groups is 1. The van der Waals surface area contributed by atoms with E-state index >= 15 is 0 Å². The molecule has 0 aliphatic carbocycles. The molecule has 2 heterocycles. The molecule has 0 aliphatic heterocycles. The first kappa shape index (κ1) is 28.5. The molecule has 0 bridgehead atoms. The van der Waals surface area contributed by atoms with Crippen LogP contribution in [0, 0.1) is 21.4 Å². The Hall–Kier alpha value is -3.73. The van der Waals surface area contributed by atoms with Crippen molar-refractivity contribution in [3.8, 4) is 6.07 Å². The van der Waals surface area contributed by atoms with Gasteiger partial charge in [0.2, 0.25) is 0 Å². The molecular weight excluding hydrogens is 508 g/mol. The number of nitro benzene ring substituents is 1. The number of hydrogen-bond donors (Lipinski definition) is 0. The van der Waals surface area contributed by atoms with E-state index in [2.05, 4.69) is 10.2 Å². The predicted octanol–water partition coefficient (Wildman–Crippen LogP) is 2.58. The van der Waals surface area contributed by atoms with E-state index in [4.69, 9.17) is 5.26 Å². The molecule has 0 fully saturated rings. The topological polar surface area (TPSA) is 140 Å². The van der Waals surface area contributed by atoms with Gasteiger partial charge in [-0.05, 0) is 45.3 Å². The molecule has 0 radical (unpaired) electrons. The van der Waals surface area contributed by atoms with E-state index in [9.17, 15) is 18.5 Å². The van der Waals surface area contributed by atoms with Gasteiger partial charge in [-0.25, -0.2) is 4.52 Å². The fraction of sp³-hybridized carbons (Fsp3) is 0.318. The Morgan fingerprint density at radius 3 is 2.56 bits per heavy atom. The van der Waals surface area contributed by atoms with Crippen molar-refractivity contribution in [3.05, 3.63) is 64.0 Å². The van der Waals surface area contributed by atoms with E-state index in [0.29, 0.717) is 28.9 Å². The highest BCUT2D eigenvalue weighted by Gasteiger charge is 2.27. The summed E-state index contributed by atoms with van der Waals surface area (Å²) < 4.78 is 29.2. The predicted molar refractivity (Wildman–Crippen MR) is 139 cm³/mol. The standard InChI is InChI=1S/C22H26N8O4S.ClH/c1-26(2)9-5-10-27(3)20-7-6-19(30(31)32)13-22(20)35(33,34)28(4)24-15-18-16-25-29-11-8-17(14-23)12-21(18)29;/h6-8,11-13,15-16H,5,9-10H2,1-4H3;1H/b24-15+;. The summed E-state index contributed by atoms with van der Waals surface area (Å²) in [7, 11) is 2.65. The number of pyridine rings is 1. The second kappa shape index (κ2) is 11.8. The Balaban J connectivity index is 0.00000456. The first-order valence-electron chi connectivity index (χ1n) is 10.6. The van der Waals surface area contributed by atoms with Crippen LogP contribution in [0.15, 0.2) is 52.7 Å². The SMILES string of the molecule is CN(C)CCCN(C)c1ccc([N+](=O)[O-])cc1S(=O)(=O)N(C)/N=C/c1cnn2ccc(C#N)cc12.Cl. The van der Waals surface area contributed by atoms with Gasteiger partial charge >= 0.3 is 0 Å². The van der Waals surface area contributed by atoms with Crippen LogP contribution in [0.5, 0.6) is 0 Å². The number of aromatic nitrogens is 2. The van der Waals surface area contributed by atoms with Crippen molar-refractivity contribution < 1.29 is 13.3 Å². The normalized spacial score (nSPS) is 11.4. The summed E-state index contributed by atoms with van der Waals surface area (Å²) in [5.74, 6) is 0. The van der Waals surface area contributed by atoms with Gasteiger partial charge in [-0.15, -0.1) is 12.4 Å². The maximum absolute atomic E-state index is 13.4. The lowest BCUT2D eigenvalue weighted by molar-refractivity contribution is -0.385.